The molecule has 1 rings (SSSR count). The van der Waals surface area contributed by atoms with E-state index in [0.717, 1.165) is 5.69 Å². The first-order valence-corrected chi connectivity index (χ1v) is 4.67. The zero-order valence-electron chi connectivity index (χ0n) is 8.87. The fourth-order valence-corrected chi connectivity index (χ4v) is 1.12. The second-order valence-corrected chi connectivity index (χ2v) is 4.52. The van der Waals surface area contributed by atoms with Crippen molar-refractivity contribution in [1.82, 2.24) is 4.98 Å². The highest BCUT2D eigenvalue weighted by Gasteiger charge is 2.15. The van der Waals surface area contributed by atoms with Crippen molar-refractivity contribution in [2.75, 3.05) is 5.32 Å². The van der Waals surface area contributed by atoms with Gasteiger partial charge in [-0.05, 0) is 17.5 Å². The van der Waals surface area contributed by atoms with Crippen molar-refractivity contribution >= 4 is 11.6 Å². The molecule has 14 heavy (non-hydrogen) atoms. The lowest BCUT2D eigenvalue weighted by Crippen LogP contribution is -2.19. The monoisotopic (exact) mass is 192 g/mol. The van der Waals surface area contributed by atoms with Gasteiger partial charge < -0.3 is 5.32 Å². The van der Waals surface area contributed by atoms with Crippen LogP contribution in [0.5, 0.6) is 0 Å². The average Bonchev–Trinajstić information content (AvgIpc) is 2.02. The number of carbonyl (C=O) groups is 1. The van der Waals surface area contributed by atoms with E-state index in [1.807, 2.05) is 20.8 Å². The number of rotatable bonds is 2. The van der Waals surface area contributed by atoms with Gasteiger partial charge >= 0.3 is 0 Å². The zero-order valence-corrected chi connectivity index (χ0v) is 8.87. The summed E-state index contributed by atoms with van der Waals surface area (Å²) in [5.74, 6) is 0.0451. The molecule has 1 aromatic heterocycles. The van der Waals surface area contributed by atoms with E-state index in [4.69, 9.17) is 0 Å². The number of hydrogen-bond donors (Lipinski definition) is 1. The Morgan fingerprint density at radius 3 is 2.43 bits per heavy atom. The van der Waals surface area contributed by atoms with Gasteiger partial charge in [-0.2, -0.15) is 0 Å². The Bertz CT molecular complexity index is 301. The van der Waals surface area contributed by atoms with Crippen LogP contribution in [0.1, 0.15) is 27.2 Å². The Morgan fingerprint density at radius 1 is 1.36 bits per heavy atom. The van der Waals surface area contributed by atoms with Gasteiger partial charge in [-0.15, -0.1) is 0 Å². The van der Waals surface area contributed by atoms with Gasteiger partial charge in [0.05, 0.1) is 0 Å². The molecule has 3 heteroatoms. The van der Waals surface area contributed by atoms with Crippen molar-refractivity contribution in [2.45, 2.75) is 27.2 Å². The first kappa shape index (κ1) is 10.7. The van der Waals surface area contributed by atoms with Gasteiger partial charge in [0.25, 0.3) is 0 Å². The van der Waals surface area contributed by atoms with Crippen LogP contribution in [0.25, 0.3) is 0 Å². The number of amides is 1. The summed E-state index contributed by atoms with van der Waals surface area (Å²) in [6.07, 6.45) is 3.84. The molecule has 0 unspecified atom stereocenters. The molecule has 0 aliphatic heterocycles. The highest BCUT2D eigenvalue weighted by atomic mass is 16.1. The average molecular weight is 192 g/mol. The van der Waals surface area contributed by atoms with E-state index in [0.29, 0.717) is 6.42 Å². The lowest BCUT2D eigenvalue weighted by atomic mass is 9.92. The summed E-state index contributed by atoms with van der Waals surface area (Å²) in [7, 11) is 0. The number of nitrogens with one attached hydrogen (secondary N) is 1. The first-order chi connectivity index (χ1) is 6.47. The molecule has 0 radical (unpaired) electrons. The Kier molecular flexibility index (Phi) is 3.23. The third-order valence-corrected chi connectivity index (χ3v) is 1.65. The van der Waals surface area contributed by atoms with Crippen LogP contribution in [0.3, 0.4) is 0 Å². The molecule has 0 saturated carbocycles. The summed E-state index contributed by atoms with van der Waals surface area (Å²) >= 11 is 0. The minimum absolute atomic E-state index is 0.0249. The lowest BCUT2D eigenvalue weighted by molar-refractivity contribution is -0.117. The predicted molar refractivity (Wildman–Crippen MR) is 56.9 cm³/mol. The fourth-order valence-electron chi connectivity index (χ4n) is 1.12. The van der Waals surface area contributed by atoms with Crippen LogP contribution >= 0.6 is 0 Å². The molecule has 1 N–H and O–H groups in total. The molecule has 0 atom stereocenters. The van der Waals surface area contributed by atoms with E-state index in [1.165, 1.54) is 0 Å². The Balaban J connectivity index is 2.50. The third-order valence-electron chi connectivity index (χ3n) is 1.65. The normalized spacial score (nSPS) is 11.1. The van der Waals surface area contributed by atoms with E-state index in [2.05, 4.69) is 10.3 Å². The molecule has 0 bridgehead atoms. The molecule has 0 fully saturated rings. The standard InChI is InChI=1S/C11H16N2O/c1-11(2,3)8-10(14)13-9-4-6-12-7-5-9/h4-7H,8H2,1-3H3,(H,12,13,14). The fraction of sp³-hybridized carbons (Fsp3) is 0.455. The number of carbonyl (C=O) groups excluding carboxylic acids is 1. The number of pyridine rings is 1. The van der Waals surface area contributed by atoms with Crippen molar-refractivity contribution in [2.24, 2.45) is 5.41 Å². The van der Waals surface area contributed by atoms with Crippen LogP contribution in [0.4, 0.5) is 5.69 Å². The molecule has 0 aromatic carbocycles. The highest BCUT2D eigenvalue weighted by Crippen LogP contribution is 2.19. The molecule has 3 nitrogen and oxygen atoms in total. The first-order valence-electron chi connectivity index (χ1n) is 4.67. The van der Waals surface area contributed by atoms with Gasteiger partial charge in [-0.25, -0.2) is 0 Å². The number of anilines is 1. The van der Waals surface area contributed by atoms with Gasteiger partial charge in [0.1, 0.15) is 0 Å². The predicted octanol–water partition coefficient (Wildman–Crippen LogP) is 2.46. The summed E-state index contributed by atoms with van der Waals surface area (Å²) in [5.41, 5.74) is 0.825. The van der Waals surface area contributed by atoms with Crippen LogP contribution in [0, 0.1) is 5.41 Å². The second-order valence-electron chi connectivity index (χ2n) is 4.52. The van der Waals surface area contributed by atoms with E-state index in [1.54, 1.807) is 24.5 Å². The van der Waals surface area contributed by atoms with Crippen LogP contribution in [-0.2, 0) is 4.79 Å². The molecule has 1 amide bonds. The van der Waals surface area contributed by atoms with Gasteiger partial charge in [0.2, 0.25) is 5.91 Å². The minimum Gasteiger partial charge on any atom is -0.326 e. The van der Waals surface area contributed by atoms with E-state index in [9.17, 15) is 4.79 Å². The van der Waals surface area contributed by atoms with Gasteiger partial charge in [-0.1, -0.05) is 20.8 Å². The van der Waals surface area contributed by atoms with Crippen LogP contribution < -0.4 is 5.32 Å². The topological polar surface area (TPSA) is 42.0 Å². The van der Waals surface area contributed by atoms with Crippen molar-refractivity contribution < 1.29 is 4.79 Å². The van der Waals surface area contributed by atoms with Crippen molar-refractivity contribution in [3.8, 4) is 0 Å². The Labute approximate surface area is 84.6 Å². The number of nitrogens with zero attached hydrogens (tertiary/aromatic N) is 1. The van der Waals surface area contributed by atoms with E-state index >= 15 is 0 Å². The Morgan fingerprint density at radius 2 is 1.93 bits per heavy atom. The summed E-state index contributed by atoms with van der Waals surface area (Å²) in [6, 6.07) is 3.56. The molecular weight excluding hydrogens is 176 g/mol. The molecule has 0 spiro atoms. The van der Waals surface area contributed by atoms with E-state index in [-0.39, 0.29) is 11.3 Å². The largest absolute Gasteiger partial charge is 0.326 e. The van der Waals surface area contributed by atoms with Crippen molar-refractivity contribution in [1.29, 1.82) is 0 Å². The maximum absolute atomic E-state index is 11.5. The SMILES string of the molecule is CC(C)(C)CC(=O)Nc1ccncc1. The zero-order chi connectivity index (χ0) is 10.6. The van der Waals surface area contributed by atoms with Crippen molar-refractivity contribution in [3.63, 3.8) is 0 Å². The lowest BCUT2D eigenvalue weighted by Gasteiger charge is -2.17. The second kappa shape index (κ2) is 4.22. The van der Waals surface area contributed by atoms with Crippen LogP contribution in [-0.4, -0.2) is 10.9 Å². The minimum atomic E-state index is 0.0249. The number of hydrogen-bond acceptors (Lipinski definition) is 2. The van der Waals surface area contributed by atoms with E-state index < -0.39 is 0 Å². The highest BCUT2D eigenvalue weighted by molar-refractivity contribution is 5.90. The smallest absolute Gasteiger partial charge is 0.224 e. The molecule has 0 aliphatic carbocycles. The van der Waals surface area contributed by atoms with Gasteiger partial charge in [0.15, 0.2) is 0 Å². The summed E-state index contributed by atoms with van der Waals surface area (Å²) in [6.45, 7) is 6.12. The summed E-state index contributed by atoms with van der Waals surface area (Å²) < 4.78 is 0. The Hall–Kier alpha value is -1.38. The van der Waals surface area contributed by atoms with Gasteiger partial charge in [0, 0.05) is 24.5 Å². The molecule has 0 saturated heterocycles. The summed E-state index contributed by atoms with van der Waals surface area (Å²) in [5, 5.41) is 2.82. The number of aromatic nitrogens is 1. The summed E-state index contributed by atoms with van der Waals surface area (Å²) in [4.78, 5) is 15.4. The van der Waals surface area contributed by atoms with Crippen molar-refractivity contribution in [3.05, 3.63) is 24.5 Å². The maximum Gasteiger partial charge on any atom is 0.224 e. The molecular formula is C11H16N2O. The molecule has 0 aliphatic rings. The van der Waals surface area contributed by atoms with Crippen LogP contribution in [0.2, 0.25) is 0 Å². The molecule has 1 heterocycles. The van der Waals surface area contributed by atoms with Gasteiger partial charge in [-0.3, -0.25) is 9.78 Å². The molecule has 76 valence electrons. The quantitative estimate of drug-likeness (QED) is 0.782. The van der Waals surface area contributed by atoms with Crippen LogP contribution in [0.15, 0.2) is 24.5 Å². The maximum atomic E-state index is 11.5. The molecule has 1 aromatic rings. The third kappa shape index (κ3) is 4.03.